The molecule has 1 spiro atoms. The molecule has 7 rings (SSSR count). The number of ether oxygens (including phenoxy) is 2. The topological polar surface area (TPSA) is 148 Å². The summed E-state index contributed by atoms with van der Waals surface area (Å²) >= 11 is 0. The smallest absolute Gasteiger partial charge is 0.279 e. The van der Waals surface area contributed by atoms with Crippen molar-refractivity contribution in [1.82, 2.24) is 24.8 Å². The number of aliphatic hydroxyl groups excluding tert-OH is 1. The van der Waals surface area contributed by atoms with Crippen LogP contribution < -0.4 is 15.2 Å². The molecule has 0 bridgehead atoms. The molecule has 0 saturated carbocycles. The number of nitrogens with zero attached hydrogens (tertiary/aromatic N) is 5. The average Bonchev–Trinajstić information content (AvgIpc) is 3.80. The van der Waals surface area contributed by atoms with E-state index in [1.165, 1.54) is 4.68 Å². The summed E-state index contributed by atoms with van der Waals surface area (Å²) < 4.78 is 15.8. The summed E-state index contributed by atoms with van der Waals surface area (Å²) in [6.45, 7) is 6.60. The summed E-state index contributed by atoms with van der Waals surface area (Å²) in [7, 11) is -1.25. The Labute approximate surface area is 278 Å². The highest BCUT2D eigenvalue weighted by Crippen LogP contribution is 2.60. The maximum absolute atomic E-state index is 14.8. The number of hydrogen-bond acceptors (Lipinski definition) is 8. The minimum atomic E-state index is -2.85. The first-order chi connectivity index (χ1) is 23.0. The first-order valence-electron chi connectivity index (χ1n) is 16.2. The lowest BCUT2D eigenvalue weighted by molar-refractivity contribution is -0.146. The van der Waals surface area contributed by atoms with Crippen LogP contribution in [0, 0.1) is 5.92 Å². The van der Waals surface area contributed by atoms with Crippen LogP contribution in [-0.2, 0) is 34.6 Å². The fourth-order valence-corrected chi connectivity index (χ4v) is 10.3. The Hall–Kier alpha value is -4.56. The molecule has 1 amide bonds. The maximum atomic E-state index is 14.8. The molecule has 0 aliphatic carbocycles. The van der Waals surface area contributed by atoms with Gasteiger partial charge in [-0.1, -0.05) is 36.4 Å². The van der Waals surface area contributed by atoms with Crippen LogP contribution >= 0.6 is 0 Å². The summed E-state index contributed by atoms with van der Waals surface area (Å²) in [6.07, 6.45) is 2.35. The number of aryl methyl sites for hydroxylation is 1. The number of fused-ring (bicyclic) bond motifs is 3. The van der Waals surface area contributed by atoms with Gasteiger partial charge in [-0.3, -0.25) is 19.4 Å². The van der Waals surface area contributed by atoms with Gasteiger partial charge in [0.2, 0.25) is 0 Å². The fraction of sp³-hybridized carbons (Fsp3) is 0.371. The molecule has 2 aliphatic rings. The number of para-hydroxylation sites is 1. The van der Waals surface area contributed by atoms with E-state index in [0.717, 1.165) is 22.3 Å². The van der Waals surface area contributed by atoms with Gasteiger partial charge in [0.25, 0.3) is 11.5 Å². The zero-order valence-electron chi connectivity index (χ0n) is 27.5. The average molecular weight is 669 g/mol. The minimum absolute atomic E-state index is 0.00736. The lowest BCUT2D eigenvalue weighted by Crippen LogP contribution is -2.46. The Kier molecular flexibility index (Phi) is 8.10. The molecule has 13 heteroatoms. The van der Waals surface area contributed by atoms with Crippen molar-refractivity contribution in [2.24, 2.45) is 5.92 Å². The first kappa shape index (κ1) is 32.0. The Bertz CT molecular complexity index is 2030. The van der Waals surface area contributed by atoms with Gasteiger partial charge in [0.15, 0.2) is 13.9 Å². The van der Waals surface area contributed by atoms with Crippen LogP contribution in [0.5, 0.6) is 5.75 Å². The second-order valence-electron chi connectivity index (χ2n) is 13.3. The highest BCUT2D eigenvalue weighted by Gasteiger charge is 2.66. The molecule has 0 unspecified atom stereocenters. The Morgan fingerprint density at radius 3 is 2.56 bits per heavy atom. The van der Waals surface area contributed by atoms with E-state index in [2.05, 4.69) is 15.4 Å². The van der Waals surface area contributed by atoms with Crippen molar-refractivity contribution in [3.63, 3.8) is 0 Å². The van der Waals surface area contributed by atoms with E-state index < -0.39 is 20.0 Å². The van der Waals surface area contributed by atoms with Crippen molar-refractivity contribution >= 4 is 30.8 Å². The van der Waals surface area contributed by atoms with Crippen molar-refractivity contribution in [2.75, 3.05) is 18.6 Å². The number of carbonyl (C=O) groups is 1. The lowest BCUT2D eigenvalue weighted by atomic mass is 9.82. The molecule has 1 saturated heterocycles. The van der Waals surface area contributed by atoms with Crippen molar-refractivity contribution in [2.45, 2.75) is 63.2 Å². The number of rotatable bonds is 10. The summed E-state index contributed by atoms with van der Waals surface area (Å²) in [4.78, 5) is 41.2. The van der Waals surface area contributed by atoms with Gasteiger partial charge in [-0.15, -0.1) is 5.10 Å². The maximum Gasteiger partial charge on any atom is 0.279 e. The van der Waals surface area contributed by atoms with Gasteiger partial charge in [0.1, 0.15) is 5.75 Å². The monoisotopic (exact) mass is 668 g/mol. The number of methoxy groups -OCH3 is 1. The van der Waals surface area contributed by atoms with Crippen LogP contribution in [0.2, 0.25) is 18.6 Å². The molecule has 5 aromatic rings. The van der Waals surface area contributed by atoms with Crippen molar-refractivity contribution < 1.29 is 24.2 Å². The molecule has 2 aromatic heterocycles. The molecule has 250 valence electrons. The highest BCUT2D eigenvalue weighted by atomic mass is 28.4. The van der Waals surface area contributed by atoms with Gasteiger partial charge < -0.3 is 24.3 Å². The fourth-order valence-electron chi connectivity index (χ4n) is 7.72. The molecule has 48 heavy (non-hydrogen) atoms. The van der Waals surface area contributed by atoms with Gasteiger partial charge >= 0.3 is 0 Å². The van der Waals surface area contributed by atoms with E-state index in [-0.39, 0.29) is 29.5 Å². The zero-order valence-corrected chi connectivity index (χ0v) is 28.5. The Balaban J connectivity index is 1.20. The van der Waals surface area contributed by atoms with E-state index in [4.69, 9.17) is 9.47 Å². The first-order valence-corrected chi connectivity index (χ1v) is 19.3. The molecule has 1 fully saturated rings. The van der Waals surface area contributed by atoms with Crippen molar-refractivity contribution in [3.05, 3.63) is 100 Å². The molecular formula is C35H40N6O6Si. The van der Waals surface area contributed by atoms with Crippen LogP contribution in [0.25, 0.3) is 16.6 Å². The van der Waals surface area contributed by atoms with Gasteiger partial charge in [-0.05, 0) is 67.5 Å². The van der Waals surface area contributed by atoms with Crippen LogP contribution in [-0.4, -0.2) is 68.7 Å². The van der Waals surface area contributed by atoms with E-state index in [1.807, 2.05) is 86.9 Å². The van der Waals surface area contributed by atoms with Crippen molar-refractivity contribution in [3.8, 4) is 11.4 Å². The summed E-state index contributed by atoms with van der Waals surface area (Å²) in [5.74, 6) is 0.117. The summed E-state index contributed by atoms with van der Waals surface area (Å²) in [5.41, 5.74) is 2.84. The van der Waals surface area contributed by atoms with E-state index >= 15 is 0 Å². The van der Waals surface area contributed by atoms with Gasteiger partial charge in [0, 0.05) is 42.8 Å². The standard InChI is InChI=1S/C35H40N6O6Si/c1-22-32(48(3,4)45)31(15-17-39-21-24(16-18-42)36-38-39)47-35(22)28-19-26(46-2)13-14-30(28)40(34(35)44)20-23-9-11-25(12-10-23)41-33(43)27-7-5-6-8-29(27)37-41/h5-14,19,21-22,31-32,37,42,45H,15-18,20H2,1-4H3/t22-,31+,32-,35+/m0/s1. The van der Waals surface area contributed by atoms with E-state index in [9.17, 15) is 19.5 Å². The molecule has 4 atom stereocenters. The number of nitrogens with one attached hydrogen (secondary N) is 1. The quantitative estimate of drug-likeness (QED) is 0.190. The number of H-pyrrole nitrogens is 1. The SMILES string of the molecule is COc1ccc2c(c1)[C@@]1(O[C@H](CCn3cc(CCO)nn3)[C@@H]([Si](C)(C)O)[C@@H]1C)C(=O)N2Cc1ccc(-n2[nH]c3ccccc3c2=O)cc1. The van der Waals surface area contributed by atoms with Gasteiger partial charge in [-0.2, -0.15) is 0 Å². The van der Waals surface area contributed by atoms with E-state index in [1.54, 1.807) is 22.8 Å². The van der Waals surface area contributed by atoms with Crippen LogP contribution in [0.3, 0.4) is 0 Å². The number of carbonyl (C=O) groups excluding carboxylic acids is 1. The number of aliphatic hydroxyl groups is 1. The van der Waals surface area contributed by atoms with Crippen LogP contribution in [0.15, 0.2) is 77.7 Å². The highest BCUT2D eigenvalue weighted by molar-refractivity contribution is 6.71. The lowest BCUT2D eigenvalue weighted by Gasteiger charge is -2.32. The number of aromatic nitrogens is 5. The third kappa shape index (κ3) is 5.27. The van der Waals surface area contributed by atoms with Crippen molar-refractivity contribution in [1.29, 1.82) is 0 Å². The largest absolute Gasteiger partial charge is 0.497 e. The molecular weight excluding hydrogens is 629 g/mol. The predicted octanol–water partition coefficient (Wildman–Crippen LogP) is 3.89. The van der Waals surface area contributed by atoms with Gasteiger partial charge in [-0.25, -0.2) is 4.68 Å². The molecule has 3 N–H and O–H groups in total. The molecule has 3 aromatic carbocycles. The normalized spacial score (nSPS) is 22.2. The summed E-state index contributed by atoms with van der Waals surface area (Å²) in [5, 5.41) is 21.4. The summed E-state index contributed by atoms with van der Waals surface area (Å²) in [6, 6.07) is 20.6. The Morgan fingerprint density at radius 1 is 1.08 bits per heavy atom. The number of hydrogen-bond donors (Lipinski definition) is 3. The number of aromatic amines is 1. The third-order valence-corrected chi connectivity index (χ3v) is 12.4. The van der Waals surface area contributed by atoms with Gasteiger partial charge in [0.05, 0.1) is 47.7 Å². The number of amides is 1. The zero-order chi connectivity index (χ0) is 33.8. The molecule has 0 radical (unpaired) electrons. The number of benzene rings is 3. The second kappa shape index (κ2) is 12.2. The molecule has 12 nitrogen and oxygen atoms in total. The minimum Gasteiger partial charge on any atom is -0.497 e. The third-order valence-electron chi connectivity index (χ3n) is 9.92. The Morgan fingerprint density at radius 2 is 1.85 bits per heavy atom. The predicted molar refractivity (Wildman–Crippen MR) is 183 cm³/mol. The second-order valence-corrected chi connectivity index (χ2v) is 17.3. The number of anilines is 1. The van der Waals surface area contributed by atoms with Crippen LogP contribution in [0.1, 0.15) is 30.2 Å². The molecule has 2 aliphatic heterocycles. The molecule has 4 heterocycles. The van der Waals surface area contributed by atoms with Crippen LogP contribution in [0.4, 0.5) is 5.69 Å². The van der Waals surface area contributed by atoms with E-state index in [0.29, 0.717) is 48.4 Å².